The quantitative estimate of drug-likeness (QED) is 0.679. The molecule has 1 aliphatic heterocycles. The minimum Gasteiger partial charge on any atom is -0.352 e. The molecule has 28 heavy (non-hydrogen) atoms. The Balaban J connectivity index is 1.48. The van der Waals surface area contributed by atoms with Crippen LogP contribution in [0.25, 0.3) is 11.0 Å². The van der Waals surface area contributed by atoms with Gasteiger partial charge in [-0.3, -0.25) is 14.2 Å². The summed E-state index contributed by atoms with van der Waals surface area (Å²) in [6.45, 7) is 2.18. The molecule has 0 unspecified atom stereocenters. The number of nitriles is 1. The molecule has 1 amide bonds. The van der Waals surface area contributed by atoms with Crippen LogP contribution in [0.4, 0.5) is 5.82 Å². The topological polar surface area (TPSA) is 95.1 Å². The third-order valence-corrected chi connectivity index (χ3v) is 4.89. The minimum absolute atomic E-state index is 0.0189. The van der Waals surface area contributed by atoms with E-state index in [1.165, 1.54) is 10.8 Å². The van der Waals surface area contributed by atoms with Gasteiger partial charge in [0.2, 0.25) is 5.91 Å². The van der Waals surface area contributed by atoms with Gasteiger partial charge in [0, 0.05) is 32.4 Å². The van der Waals surface area contributed by atoms with Crippen molar-refractivity contribution in [2.45, 2.75) is 6.54 Å². The first kappa shape index (κ1) is 17.7. The highest BCUT2D eigenvalue weighted by Gasteiger charge is 2.24. The van der Waals surface area contributed by atoms with Crippen LogP contribution in [-0.4, -0.2) is 51.5 Å². The molecular formula is C20H18N6O2. The lowest BCUT2D eigenvalue weighted by Gasteiger charge is -2.35. The van der Waals surface area contributed by atoms with Gasteiger partial charge in [-0.05, 0) is 24.3 Å². The molecular weight excluding hydrogens is 356 g/mol. The maximum absolute atomic E-state index is 12.8. The van der Waals surface area contributed by atoms with Gasteiger partial charge in [0.05, 0.1) is 22.8 Å². The second kappa shape index (κ2) is 7.48. The van der Waals surface area contributed by atoms with Crippen LogP contribution in [0.2, 0.25) is 0 Å². The molecule has 0 aliphatic carbocycles. The van der Waals surface area contributed by atoms with Crippen LogP contribution < -0.4 is 10.5 Å². The molecule has 3 heterocycles. The van der Waals surface area contributed by atoms with E-state index in [4.69, 9.17) is 0 Å². The lowest BCUT2D eigenvalue weighted by Crippen LogP contribution is -2.50. The summed E-state index contributed by atoms with van der Waals surface area (Å²) in [5.74, 6) is 0.535. The number of piperazine rings is 1. The number of fused-ring (bicyclic) bond motifs is 1. The Bertz CT molecular complexity index is 1130. The maximum atomic E-state index is 12.8. The number of pyridine rings is 1. The number of anilines is 1. The predicted molar refractivity (Wildman–Crippen MR) is 104 cm³/mol. The van der Waals surface area contributed by atoms with Crippen LogP contribution in [0, 0.1) is 11.3 Å². The zero-order chi connectivity index (χ0) is 19.5. The molecule has 1 aromatic carbocycles. The van der Waals surface area contributed by atoms with E-state index in [9.17, 15) is 14.9 Å². The monoisotopic (exact) mass is 374 g/mol. The van der Waals surface area contributed by atoms with Gasteiger partial charge < -0.3 is 9.80 Å². The molecule has 1 fully saturated rings. The summed E-state index contributed by atoms with van der Waals surface area (Å²) in [5, 5.41) is 9.25. The summed E-state index contributed by atoms with van der Waals surface area (Å²) in [4.78, 5) is 37.2. The highest BCUT2D eigenvalue weighted by molar-refractivity contribution is 5.80. The molecule has 0 bridgehead atoms. The van der Waals surface area contributed by atoms with Crippen LogP contribution >= 0.6 is 0 Å². The minimum atomic E-state index is -0.294. The third-order valence-electron chi connectivity index (χ3n) is 4.89. The van der Waals surface area contributed by atoms with E-state index in [0.717, 1.165) is 0 Å². The summed E-state index contributed by atoms with van der Waals surface area (Å²) in [7, 11) is 0. The lowest BCUT2D eigenvalue weighted by atomic mass is 10.2. The van der Waals surface area contributed by atoms with Gasteiger partial charge in [-0.25, -0.2) is 9.97 Å². The number of para-hydroxylation sites is 2. The number of hydrogen-bond donors (Lipinski definition) is 0. The lowest BCUT2D eigenvalue weighted by molar-refractivity contribution is -0.132. The maximum Gasteiger partial charge on any atom is 0.269 e. The van der Waals surface area contributed by atoms with E-state index in [1.807, 2.05) is 23.1 Å². The van der Waals surface area contributed by atoms with Crippen molar-refractivity contribution in [3.63, 3.8) is 0 Å². The molecule has 4 rings (SSSR count). The molecule has 0 spiro atoms. The van der Waals surface area contributed by atoms with Crippen molar-refractivity contribution in [1.82, 2.24) is 19.4 Å². The van der Waals surface area contributed by atoms with E-state index in [0.29, 0.717) is 48.6 Å². The van der Waals surface area contributed by atoms with Crippen molar-refractivity contribution in [2.24, 2.45) is 0 Å². The number of amides is 1. The largest absolute Gasteiger partial charge is 0.352 e. The standard InChI is InChI=1S/C20H18N6O2/c21-12-15-4-3-7-22-20(15)25-10-8-24(9-11-25)19(28)14-26-17-6-2-1-5-16(17)23-13-18(26)27/h1-7,13H,8-11,14H2. The Morgan fingerprint density at radius 3 is 2.64 bits per heavy atom. The Morgan fingerprint density at radius 2 is 1.86 bits per heavy atom. The Hall–Kier alpha value is -3.73. The van der Waals surface area contributed by atoms with Crippen LogP contribution in [-0.2, 0) is 11.3 Å². The number of carbonyl (C=O) groups excluding carboxylic acids is 1. The fourth-order valence-electron chi connectivity index (χ4n) is 3.42. The first-order valence-corrected chi connectivity index (χ1v) is 9.00. The van der Waals surface area contributed by atoms with Crippen LogP contribution in [0.5, 0.6) is 0 Å². The Labute approximate surface area is 161 Å². The smallest absolute Gasteiger partial charge is 0.269 e. The van der Waals surface area contributed by atoms with Crippen molar-refractivity contribution in [2.75, 3.05) is 31.1 Å². The molecule has 8 heteroatoms. The molecule has 1 aliphatic rings. The van der Waals surface area contributed by atoms with Gasteiger partial charge in [-0.15, -0.1) is 0 Å². The Kier molecular flexibility index (Phi) is 4.72. The first-order valence-electron chi connectivity index (χ1n) is 9.00. The summed E-state index contributed by atoms with van der Waals surface area (Å²) >= 11 is 0. The van der Waals surface area contributed by atoms with Crippen LogP contribution in [0.1, 0.15) is 5.56 Å². The molecule has 0 N–H and O–H groups in total. The molecule has 1 saturated heterocycles. The van der Waals surface area contributed by atoms with Crippen molar-refractivity contribution in [1.29, 1.82) is 5.26 Å². The van der Waals surface area contributed by atoms with E-state index < -0.39 is 0 Å². The average Bonchev–Trinajstić information content (AvgIpc) is 2.75. The van der Waals surface area contributed by atoms with E-state index >= 15 is 0 Å². The Morgan fingerprint density at radius 1 is 1.07 bits per heavy atom. The second-order valence-electron chi connectivity index (χ2n) is 6.53. The second-order valence-corrected chi connectivity index (χ2v) is 6.53. The molecule has 140 valence electrons. The van der Waals surface area contributed by atoms with E-state index in [1.54, 1.807) is 29.3 Å². The molecule has 8 nitrogen and oxygen atoms in total. The highest BCUT2D eigenvalue weighted by atomic mass is 16.2. The molecule has 2 aromatic heterocycles. The summed E-state index contributed by atoms with van der Waals surface area (Å²) in [6, 6.07) is 12.9. The summed E-state index contributed by atoms with van der Waals surface area (Å²) < 4.78 is 1.46. The molecule has 0 radical (unpaired) electrons. The number of carbonyl (C=O) groups is 1. The van der Waals surface area contributed by atoms with Crippen LogP contribution in [0.15, 0.2) is 53.6 Å². The van der Waals surface area contributed by atoms with E-state index in [2.05, 4.69) is 16.0 Å². The fraction of sp³-hybridized carbons (Fsp3) is 0.250. The van der Waals surface area contributed by atoms with Gasteiger partial charge in [-0.2, -0.15) is 5.26 Å². The summed E-state index contributed by atoms with van der Waals surface area (Å²) in [6.07, 6.45) is 2.91. The van der Waals surface area contributed by atoms with E-state index in [-0.39, 0.29) is 18.0 Å². The predicted octanol–water partition coefficient (Wildman–Crippen LogP) is 1.01. The number of hydrogen-bond acceptors (Lipinski definition) is 6. The van der Waals surface area contributed by atoms with Crippen LogP contribution in [0.3, 0.4) is 0 Å². The highest BCUT2D eigenvalue weighted by Crippen LogP contribution is 2.18. The number of aromatic nitrogens is 3. The van der Waals surface area contributed by atoms with Crippen molar-refractivity contribution >= 4 is 22.8 Å². The zero-order valence-corrected chi connectivity index (χ0v) is 15.2. The normalized spacial score (nSPS) is 14.1. The first-order chi connectivity index (χ1) is 13.7. The van der Waals surface area contributed by atoms with Gasteiger partial charge in [0.25, 0.3) is 5.56 Å². The molecule has 0 atom stereocenters. The number of nitrogens with zero attached hydrogens (tertiary/aromatic N) is 6. The van der Waals surface area contributed by atoms with Gasteiger partial charge >= 0.3 is 0 Å². The molecule has 0 saturated carbocycles. The fourth-order valence-corrected chi connectivity index (χ4v) is 3.42. The average molecular weight is 374 g/mol. The van der Waals surface area contributed by atoms with Crippen molar-refractivity contribution in [3.05, 3.63) is 64.7 Å². The van der Waals surface area contributed by atoms with Gasteiger partial charge in [-0.1, -0.05) is 12.1 Å². The number of benzene rings is 1. The molecule has 3 aromatic rings. The third kappa shape index (κ3) is 3.30. The SMILES string of the molecule is N#Cc1cccnc1N1CCN(C(=O)Cn2c(=O)cnc3ccccc32)CC1. The van der Waals surface area contributed by atoms with Gasteiger partial charge in [0.15, 0.2) is 0 Å². The summed E-state index contributed by atoms with van der Waals surface area (Å²) in [5.41, 5.74) is 1.56. The number of rotatable bonds is 3. The zero-order valence-electron chi connectivity index (χ0n) is 15.2. The van der Waals surface area contributed by atoms with Crippen molar-refractivity contribution in [3.8, 4) is 6.07 Å². The van der Waals surface area contributed by atoms with Crippen molar-refractivity contribution < 1.29 is 4.79 Å². The van der Waals surface area contributed by atoms with Gasteiger partial charge in [0.1, 0.15) is 18.4 Å².